The van der Waals surface area contributed by atoms with Gasteiger partial charge in [-0.3, -0.25) is 10.1 Å². The Kier molecular flexibility index (Phi) is 13.8. The van der Waals surface area contributed by atoms with Crippen LogP contribution in [0.1, 0.15) is 19.3 Å². The fraction of sp³-hybridized carbons (Fsp3) is 0.714. The SMILES string of the molecule is O=[N+]([O-])c1ccc(OCCOCCOCCOCCOCCOC2CCCCO2)cc1. The number of hydrogen-bond acceptors (Lipinski definition) is 9. The van der Waals surface area contributed by atoms with Gasteiger partial charge in [0, 0.05) is 18.7 Å². The van der Waals surface area contributed by atoms with Gasteiger partial charge in [-0.1, -0.05) is 0 Å². The second kappa shape index (κ2) is 16.8. The van der Waals surface area contributed by atoms with Crippen molar-refractivity contribution in [1.29, 1.82) is 0 Å². The summed E-state index contributed by atoms with van der Waals surface area (Å²) < 4.78 is 38.2. The summed E-state index contributed by atoms with van der Waals surface area (Å²) in [5, 5.41) is 10.6. The smallest absolute Gasteiger partial charge is 0.269 e. The molecule has 0 radical (unpaired) electrons. The van der Waals surface area contributed by atoms with Gasteiger partial charge in [-0.15, -0.1) is 0 Å². The van der Waals surface area contributed by atoms with Gasteiger partial charge in [-0.25, -0.2) is 0 Å². The number of nitrogens with zero attached hydrogens (tertiary/aromatic N) is 1. The van der Waals surface area contributed by atoms with Crippen molar-refractivity contribution in [1.82, 2.24) is 0 Å². The highest BCUT2D eigenvalue weighted by molar-refractivity contribution is 5.35. The maximum atomic E-state index is 10.6. The first kappa shape index (κ1) is 25.4. The van der Waals surface area contributed by atoms with Crippen LogP contribution < -0.4 is 4.74 Å². The zero-order valence-electron chi connectivity index (χ0n) is 17.9. The Morgan fingerprint density at radius 3 is 1.87 bits per heavy atom. The third-order valence-corrected chi connectivity index (χ3v) is 4.33. The van der Waals surface area contributed by atoms with Crippen molar-refractivity contribution in [3.63, 3.8) is 0 Å². The molecule has 0 saturated carbocycles. The van der Waals surface area contributed by atoms with Crippen LogP contribution in [0.15, 0.2) is 24.3 Å². The van der Waals surface area contributed by atoms with Crippen LogP contribution in [-0.4, -0.2) is 83.9 Å². The van der Waals surface area contributed by atoms with Crippen molar-refractivity contribution in [2.24, 2.45) is 0 Å². The van der Waals surface area contributed by atoms with E-state index in [1.165, 1.54) is 12.1 Å². The molecule has 2 rings (SSSR count). The standard InChI is InChI=1S/C21H33NO9/c23-22(24)19-4-6-20(7-5-19)29-17-15-27-13-11-25-9-10-26-12-14-28-16-18-31-21-3-1-2-8-30-21/h4-7,21H,1-3,8-18H2. The molecule has 0 spiro atoms. The van der Waals surface area contributed by atoms with Crippen molar-refractivity contribution in [3.8, 4) is 5.75 Å². The molecule has 1 unspecified atom stereocenters. The Labute approximate surface area is 182 Å². The van der Waals surface area contributed by atoms with E-state index in [1.807, 2.05) is 0 Å². The number of benzene rings is 1. The van der Waals surface area contributed by atoms with E-state index in [2.05, 4.69) is 0 Å². The highest BCUT2D eigenvalue weighted by Crippen LogP contribution is 2.17. The minimum absolute atomic E-state index is 0.0345. The quantitative estimate of drug-likeness (QED) is 0.192. The number of ether oxygens (including phenoxy) is 7. The second-order valence-corrected chi connectivity index (χ2v) is 6.72. The molecular formula is C21H33NO9. The van der Waals surface area contributed by atoms with Crippen molar-refractivity contribution in [3.05, 3.63) is 34.4 Å². The minimum atomic E-state index is -0.448. The molecule has 1 aromatic rings. The second-order valence-electron chi connectivity index (χ2n) is 6.72. The van der Waals surface area contributed by atoms with Gasteiger partial charge in [0.25, 0.3) is 5.69 Å². The van der Waals surface area contributed by atoms with E-state index >= 15 is 0 Å². The van der Waals surface area contributed by atoms with Crippen molar-refractivity contribution in [2.75, 3.05) is 72.7 Å². The average Bonchev–Trinajstić information content (AvgIpc) is 2.79. The molecule has 0 aromatic heterocycles. The van der Waals surface area contributed by atoms with Crippen LogP contribution in [0.25, 0.3) is 0 Å². The molecule has 1 saturated heterocycles. The van der Waals surface area contributed by atoms with Crippen LogP contribution in [-0.2, 0) is 28.4 Å². The summed E-state index contributed by atoms with van der Waals surface area (Å²) in [6.45, 7) is 5.57. The molecule has 1 heterocycles. The third kappa shape index (κ3) is 12.6. The molecule has 31 heavy (non-hydrogen) atoms. The first-order valence-electron chi connectivity index (χ1n) is 10.7. The van der Waals surface area contributed by atoms with Gasteiger partial charge in [-0.2, -0.15) is 0 Å². The predicted octanol–water partition coefficient (Wildman–Crippen LogP) is 2.58. The fourth-order valence-electron chi connectivity index (χ4n) is 2.73. The van der Waals surface area contributed by atoms with E-state index in [1.54, 1.807) is 12.1 Å². The molecule has 1 atom stereocenters. The monoisotopic (exact) mass is 443 g/mol. The van der Waals surface area contributed by atoms with E-state index in [0.29, 0.717) is 71.8 Å². The van der Waals surface area contributed by atoms with E-state index in [0.717, 1.165) is 25.9 Å². The molecule has 1 aliphatic heterocycles. The van der Waals surface area contributed by atoms with Crippen molar-refractivity contribution >= 4 is 5.69 Å². The Morgan fingerprint density at radius 1 is 0.806 bits per heavy atom. The highest BCUT2D eigenvalue weighted by Gasteiger charge is 2.13. The van der Waals surface area contributed by atoms with E-state index in [-0.39, 0.29) is 12.0 Å². The van der Waals surface area contributed by atoms with Gasteiger partial charge in [0.15, 0.2) is 6.29 Å². The van der Waals surface area contributed by atoms with Gasteiger partial charge in [0.05, 0.1) is 64.4 Å². The summed E-state index contributed by atoms with van der Waals surface area (Å²) in [6, 6.07) is 5.93. The molecule has 10 nitrogen and oxygen atoms in total. The molecule has 1 fully saturated rings. The number of rotatable bonds is 18. The molecule has 0 bridgehead atoms. The summed E-state index contributed by atoms with van der Waals surface area (Å²) in [5.74, 6) is 0.567. The van der Waals surface area contributed by atoms with Gasteiger partial charge >= 0.3 is 0 Å². The van der Waals surface area contributed by atoms with Crippen molar-refractivity contribution in [2.45, 2.75) is 25.6 Å². The minimum Gasteiger partial charge on any atom is -0.491 e. The van der Waals surface area contributed by atoms with E-state index < -0.39 is 4.92 Å². The highest BCUT2D eigenvalue weighted by atomic mass is 16.7. The van der Waals surface area contributed by atoms with Gasteiger partial charge in [-0.05, 0) is 31.4 Å². The van der Waals surface area contributed by atoms with Crippen LogP contribution in [0.4, 0.5) is 5.69 Å². The molecule has 176 valence electrons. The maximum absolute atomic E-state index is 10.6. The summed E-state index contributed by atoms with van der Waals surface area (Å²) in [6.07, 6.45) is 3.17. The lowest BCUT2D eigenvalue weighted by Gasteiger charge is -2.22. The van der Waals surface area contributed by atoms with Gasteiger partial charge in [0.1, 0.15) is 12.4 Å². The Hall–Kier alpha value is -1.82. The first-order chi connectivity index (χ1) is 15.3. The Morgan fingerprint density at radius 2 is 1.35 bits per heavy atom. The largest absolute Gasteiger partial charge is 0.491 e. The lowest BCUT2D eigenvalue weighted by Crippen LogP contribution is -2.24. The van der Waals surface area contributed by atoms with Gasteiger partial charge in [0.2, 0.25) is 0 Å². The fourth-order valence-corrected chi connectivity index (χ4v) is 2.73. The number of hydrogen-bond donors (Lipinski definition) is 0. The van der Waals surface area contributed by atoms with Crippen molar-refractivity contribution < 1.29 is 38.1 Å². The summed E-state index contributed by atoms with van der Waals surface area (Å²) in [4.78, 5) is 10.1. The lowest BCUT2D eigenvalue weighted by molar-refractivity contribution is -0.384. The van der Waals surface area contributed by atoms with Crippen LogP contribution in [0, 0.1) is 10.1 Å². The summed E-state index contributed by atoms with van der Waals surface area (Å²) >= 11 is 0. The molecule has 0 aliphatic carbocycles. The molecule has 0 N–H and O–H groups in total. The van der Waals surface area contributed by atoms with Crippen LogP contribution >= 0.6 is 0 Å². The molecule has 1 aliphatic rings. The molecule has 0 amide bonds. The van der Waals surface area contributed by atoms with Gasteiger partial charge < -0.3 is 33.2 Å². The normalized spacial score (nSPS) is 16.3. The van der Waals surface area contributed by atoms with E-state index in [9.17, 15) is 10.1 Å². The lowest BCUT2D eigenvalue weighted by atomic mass is 10.2. The zero-order valence-corrected chi connectivity index (χ0v) is 17.9. The zero-order chi connectivity index (χ0) is 22.0. The average molecular weight is 443 g/mol. The number of nitro groups is 1. The van der Waals surface area contributed by atoms with Crippen LogP contribution in [0.2, 0.25) is 0 Å². The third-order valence-electron chi connectivity index (χ3n) is 4.33. The van der Waals surface area contributed by atoms with Crippen LogP contribution in [0.5, 0.6) is 5.75 Å². The molecule has 1 aromatic carbocycles. The molecular weight excluding hydrogens is 410 g/mol. The predicted molar refractivity (Wildman–Crippen MR) is 111 cm³/mol. The molecule has 10 heteroatoms. The maximum Gasteiger partial charge on any atom is 0.269 e. The number of nitro benzene ring substituents is 1. The summed E-state index contributed by atoms with van der Waals surface area (Å²) in [5.41, 5.74) is 0.0345. The van der Waals surface area contributed by atoms with Crippen LogP contribution in [0.3, 0.4) is 0 Å². The number of non-ortho nitro benzene ring substituents is 1. The Bertz CT molecular complexity index is 579. The summed E-state index contributed by atoms with van der Waals surface area (Å²) in [7, 11) is 0. The Balaban J connectivity index is 1.27. The first-order valence-corrected chi connectivity index (χ1v) is 10.7. The van der Waals surface area contributed by atoms with E-state index in [4.69, 9.17) is 33.2 Å². The topological polar surface area (TPSA) is 108 Å².